The molecule has 2 aromatic rings. The first-order chi connectivity index (χ1) is 10.7. The van der Waals surface area contributed by atoms with Gasteiger partial charge in [-0.25, -0.2) is 9.97 Å². The smallest absolute Gasteiger partial charge is 0.115 e. The Kier molecular flexibility index (Phi) is 3.17. The maximum Gasteiger partial charge on any atom is 0.115 e. The van der Waals surface area contributed by atoms with Gasteiger partial charge in [0.25, 0.3) is 0 Å². The second-order valence-electron chi connectivity index (χ2n) is 6.75. The molecule has 1 atom stereocenters. The fourth-order valence-corrected chi connectivity index (χ4v) is 4.57. The van der Waals surface area contributed by atoms with Crippen LogP contribution in [-0.2, 0) is 5.54 Å². The van der Waals surface area contributed by atoms with E-state index in [1.807, 2.05) is 0 Å². The highest BCUT2D eigenvalue weighted by Crippen LogP contribution is 2.54. The highest BCUT2D eigenvalue weighted by molar-refractivity contribution is 5.62. The van der Waals surface area contributed by atoms with Gasteiger partial charge in [-0.05, 0) is 38.3 Å². The maximum absolute atomic E-state index is 4.64. The zero-order chi connectivity index (χ0) is 15.2. The molecule has 1 spiro atoms. The van der Waals surface area contributed by atoms with Gasteiger partial charge in [0.05, 0.1) is 17.3 Å². The van der Waals surface area contributed by atoms with Crippen molar-refractivity contribution in [3.8, 4) is 0 Å². The first-order valence-electron chi connectivity index (χ1n) is 8.39. The number of aromatic nitrogens is 2. The number of benzene rings is 1. The summed E-state index contributed by atoms with van der Waals surface area (Å²) in [6, 6.07) is 9.08. The quantitative estimate of drug-likeness (QED) is 0.773. The second-order valence-corrected chi connectivity index (χ2v) is 6.75. The Morgan fingerprint density at radius 3 is 2.68 bits per heavy atom. The Morgan fingerprint density at radius 1 is 1.14 bits per heavy atom. The Balaban J connectivity index is 1.92. The molecule has 0 radical (unpaired) electrons. The fourth-order valence-electron chi connectivity index (χ4n) is 4.57. The number of aryl methyl sites for hydroxylation is 1. The molecule has 0 saturated heterocycles. The van der Waals surface area contributed by atoms with Gasteiger partial charge in [0.15, 0.2) is 0 Å². The van der Waals surface area contributed by atoms with Crippen LogP contribution in [0.1, 0.15) is 61.9 Å². The Labute approximate surface area is 132 Å². The Morgan fingerprint density at radius 2 is 1.91 bits per heavy atom. The van der Waals surface area contributed by atoms with Crippen LogP contribution in [0.25, 0.3) is 0 Å². The molecule has 0 bridgehead atoms. The van der Waals surface area contributed by atoms with E-state index in [1.54, 1.807) is 6.33 Å². The van der Waals surface area contributed by atoms with Crippen LogP contribution in [-0.4, -0.2) is 9.97 Å². The van der Waals surface area contributed by atoms with E-state index in [0.29, 0.717) is 6.04 Å². The number of fused-ring (bicyclic) bond motifs is 2. The highest BCUT2D eigenvalue weighted by atomic mass is 15.3. The molecule has 1 fully saturated rings. The summed E-state index contributed by atoms with van der Waals surface area (Å²) < 4.78 is 0. The monoisotopic (exact) mass is 293 g/mol. The van der Waals surface area contributed by atoms with Crippen LogP contribution >= 0.6 is 0 Å². The van der Waals surface area contributed by atoms with Crippen molar-refractivity contribution in [2.75, 3.05) is 4.90 Å². The minimum atomic E-state index is 0.0976. The Bertz CT molecular complexity index is 689. The average Bonchev–Trinajstić information content (AvgIpc) is 2.79. The molecule has 114 valence electrons. The first-order valence-corrected chi connectivity index (χ1v) is 8.39. The van der Waals surface area contributed by atoms with Crippen molar-refractivity contribution in [2.24, 2.45) is 0 Å². The molecule has 22 heavy (non-hydrogen) atoms. The SMILES string of the molecule is Cc1ccccc1N1[C@@H](C)c2ncncc2C12CCCCC2. The van der Waals surface area contributed by atoms with Gasteiger partial charge in [0.2, 0.25) is 0 Å². The van der Waals surface area contributed by atoms with E-state index in [2.05, 4.69) is 59.2 Å². The number of rotatable bonds is 1. The van der Waals surface area contributed by atoms with Crippen LogP contribution < -0.4 is 4.90 Å². The minimum absolute atomic E-state index is 0.0976. The normalized spacial score (nSPS) is 22.8. The number of para-hydroxylation sites is 1. The summed E-state index contributed by atoms with van der Waals surface area (Å²) in [4.78, 5) is 11.6. The second kappa shape index (κ2) is 5.08. The van der Waals surface area contributed by atoms with Gasteiger partial charge in [0.1, 0.15) is 6.33 Å². The molecule has 4 rings (SSSR count). The molecule has 1 aromatic carbocycles. The predicted octanol–water partition coefficient (Wildman–Crippen LogP) is 4.53. The van der Waals surface area contributed by atoms with Gasteiger partial charge in [-0.2, -0.15) is 0 Å². The number of nitrogens with zero attached hydrogens (tertiary/aromatic N) is 3. The zero-order valence-corrected chi connectivity index (χ0v) is 13.4. The molecular weight excluding hydrogens is 270 g/mol. The summed E-state index contributed by atoms with van der Waals surface area (Å²) in [5.41, 5.74) is 5.39. The largest absolute Gasteiger partial charge is 0.353 e. The van der Waals surface area contributed by atoms with Crippen LogP contribution in [0.3, 0.4) is 0 Å². The van der Waals surface area contributed by atoms with E-state index in [-0.39, 0.29) is 5.54 Å². The molecule has 1 aromatic heterocycles. The molecule has 1 aliphatic heterocycles. The number of hydrogen-bond acceptors (Lipinski definition) is 3. The molecule has 2 heterocycles. The predicted molar refractivity (Wildman–Crippen MR) is 88.9 cm³/mol. The van der Waals surface area contributed by atoms with Crippen molar-refractivity contribution in [3.05, 3.63) is 53.6 Å². The molecule has 1 aliphatic carbocycles. The van der Waals surface area contributed by atoms with Crippen LogP contribution in [0.5, 0.6) is 0 Å². The van der Waals surface area contributed by atoms with Crippen molar-refractivity contribution >= 4 is 5.69 Å². The van der Waals surface area contributed by atoms with Crippen LogP contribution in [0.15, 0.2) is 36.8 Å². The lowest BCUT2D eigenvalue weighted by Gasteiger charge is -2.45. The summed E-state index contributed by atoms with van der Waals surface area (Å²) in [6.07, 6.45) is 10.1. The maximum atomic E-state index is 4.64. The van der Waals surface area contributed by atoms with Crippen molar-refractivity contribution in [1.29, 1.82) is 0 Å². The van der Waals surface area contributed by atoms with Gasteiger partial charge in [-0.15, -0.1) is 0 Å². The lowest BCUT2D eigenvalue weighted by atomic mass is 9.77. The van der Waals surface area contributed by atoms with E-state index in [0.717, 1.165) is 0 Å². The van der Waals surface area contributed by atoms with Crippen molar-refractivity contribution in [1.82, 2.24) is 9.97 Å². The first kappa shape index (κ1) is 13.7. The molecular formula is C19H23N3. The van der Waals surface area contributed by atoms with Crippen LogP contribution in [0.2, 0.25) is 0 Å². The van der Waals surface area contributed by atoms with Crippen LogP contribution in [0, 0.1) is 6.92 Å². The third kappa shape index (κ3) is 1.81. The van der Waals surface area contributed by atoms with Gasteiger partial charge >= 0.3 is 0 Å². The fraction of sp³-hybridized carbons (Fsp3) is 0.474. The van der Waals surface area contributed by atoms with Gasteiger partial charge in [0, 0.05) is 17.4 Å². The number of hydrogen-bond donors (Lipinski definition) is 0. The Hall–Kier alpha value is -1.90. The lowest BCUT2D eigenvalue weighted by Crippen LogP contribution is -2.44. The summed E-state index contributed by atoms with van der Waals surface area (Å²) >= 11 is 0. The summed E-state index contributed by atoms with van der Waals surface area (Å²) in [6.45, 7) is 4.51. The topological polar surface area (TPSA) is 29.0 Å². The third-order valence-electron chi connectivity index (χ3n) is 5.54. The molecule has 2 aliphatic rings. The van der Waals surface area contributed by atoms with Crippen molar-refractivity contribution in [3.63, 3.8) is 0 Å². The van der Waals surface area contributed by atoms with Crippen LogP contribution in [0.4, 0.5) is 5.69 Å². The zero-order valence-electron chi connectivity index (χ0n) is 13.4. The number of anilines is 1. The van der Waals surface area contributed by atoms with E-state index in [9.17, 15) is 0 Å². The third-order valence-corrected chi connectivity index (χ3v) is 5.54. The minimum Gasteiger partial charge on any atom is -0.353 e. The van der Waals surface area contributed by atoms with E-state index >= 15 is 0 Å². The standard InChI is InChI=1S/C19H23N3/c1-14-8-4-5-9-17(14)22-15(2)18-16(12-20-13-21-18)19(22)10-6-3-7-11-19/h4-5,8-9,12-13,15H,3,6-7,10-11H2,1-2H3/t15-/m0/s1. The summed E-state index contributed by atoms with van der Waals surface area (Å²) in [7, 11) is 0. The van der Waals surface area contributed by atoms with Crippen molar-refractivity contribution in [2.45, 2.75) is 57.5 Å². The molecule has 3 nitrogen and oxygen atoms in total. The van der Waals surface area contributed by atoms with Gasteiger partial charge in [-0.3, -0.25) is 0 Å². The van der Waals surface area contributed by atoms with E-state index < -0.39 is 0 Å². The molecule has 3 heteroatoms. The van der Waals surface area contributed by atoms with Gasteiger partial charge < -0.3 is 4.90 Å². The lowest BCUT2D eigenvalue weighted by molar-refractivity contribution is 0.283. The summed E-state index contributed by atoms with van der Waals surface area (Å²) in [5, 5.41) is 0. The highest BCUT2D eigenvalue weighted by Gasteiger charge is 2.50. The molecule has 0 N–H and O–H groups in total. The van der Waals surface area contributed by atoms with Gasteiger partial charge in [-0.1, -0.05) is 37.5 Å². The average molecular weight is 293 g/mol. The summed E-state index contributed by atoms with van der Waals surface area (Å²) in [5.74, 6) is 0. The van der Waals surface area contributed by atoms with E-state index in [1.165, 1.54) is 54.6 Å². The van der Waals surface area contributed by atoms with Crippen molar-refractivity contribution < 1.29 is 0 Å². The van der Waals surface area contributed by atoms with E-state index in [4.69, 9.17) is 0 Å². The molecule has 1 saturated carbocycles. The molecule has 0 amide bonds. The molecule has 0 unspecified atom stereocenters.